The number of rotatable bonds is 5. The molecule has 0 bridgehead atoms. The lowest BCUT2D eigenvalue weighted by atomic mass is 9.77. The number of aromatic nitrogens is 1. The van der Waals surface area contributed by atoms with Crippen molar-refractivity contribution in [3.05, 3.63) is 17.3 Å². The lowest BCUT2D eigenvalue weighted by molar-refractivity contribution is -0.0493. The number of nitrogens with zero attached hydrogens (tertiary/aromatic N) is 3. The van der Waals surface area contributed by atoms with Gasteiger partial charge in [0.2, 0.25) is 0 Å². The predicted molar refractivity (Wildman–Crippen MR) is 98.0 cm³/mol. The number of aryl methyl sites for hydroxylation is 2. The summed E-state index contributed by atoms with van der Waals surface area (Å²) in [5, 5.41) is 0. The van der Waals surface area contributed by atoms with Crippen molar-refractivity contribution >= 4 is 5.91 Å². The van der Waals surface area contributed by atoms with Crippen LogP contribution in [-0.4, -0.2) is 66.6 Å². The van der Waals surface area contributed by atoms with Crippen molar-refractivity contribution in [3.63, 3.8) is 0 Å². The Morgan fingerprint density at radius 2 is 1.92 bits per heavy atom. The molecular formula is C20H31N3O3. The lowest BCUT2D eigenvalue weighted by Crippen LogP contribution is -2.48. The van der Waals surface area contributed by atoms with Gasteiger partial charge in [0.1, 0.15) is 5.76 Å². The zero-order chi connectivity index (χ0) is 18.4. The van der Waals surface area contributed by atoms with Gasteiger partial charge in [0, 0.05) is 32.7 Å². The molecule has 2 saturated carbocycles. The number of oxazole rings is 1. The molecule has 4 rings (SSSR count). The average molecular weight is 361 g/mol. The van der Waals surface area contributed by atoms with Crippen molar-refractivity contribution in [3.8, 4) is 0 Å². The van der Waals surface area contributed by atoms with Gasteiger partial charge in [-0.05, 0) is 64.5 Å². The minimum absolute atomic E-state index is 0.0191. The highest BCUT2D eigenvalue weighted by Crippen LogP contribution is 2.40. The molecule has 2 aliphatic carbocycles. The molecule has 6 nitrogen and oxygen atoms in total. The Kier molecular flexibility index (Phi) is 4.82. The van der Waals surface area contributed by atoms with Gasteiger partial charge < -0.3 is 19.0 Å². The summed E-state index contributed by atoms with van der Waals surface area (Å²) in [4.78, 5) is 21.5. The van der Waals surface area contributed by atoms with Crippen LogP contribution < -0.4 is 0 Å². The quantitative estimate of drug-likeness (QED) is 0.806. The summed E-state index contributed by atoms with van der Waals surface area (Å²) in [5.41, 5.74) is 0.479. The number of amides is 1. The monoisotopic (exact) mass is 361 g/mol. The van der Waals surface area contributed by atoms with Crippen LogP contribution in [0.3, 0.4) is 0 Å². The van der Waals surface area contributed by atoms with Crippen LogP contribution in [0.15, 0.2) is 4.42 Å². The van der Waals surface area contributed by atoms with Crippen molar-refractivity contribution in [2.45, 2.75) is 51.7 Å². The first kappa shape index (κ1) is 18.0. The van der Waals surface area contributed by atoms with Crippen LogP contribution in [-0.2, 0) is 4.74 Å². The summed E-state index contributed by atoms with van der Waals surface area (Å²) in [5.74, 6) is 3.08. The zero-order valence-electron chi connectivity index (χ0n) is 16.4. The number of carbonyl (C=O) groups excluding carboxylic acids is 1. The molecule has 1 aromatic heterocycles. The minimum Gasteiger partial charge on any atom is -0.445 e. The third-order valence-electron chi connectivity index (χ3n) is 6.38. The van der Waals surface area contributed by atoms with Crippen LogP contribution in [0.1, 0.15) is 47.8 Å². The largest absolute Gasteiger partial charge is 0.445 e. The number of hydrogen-bond donors (Lipinski definition) is 0. The molecule has 144 valence electrons. The molecule has 26 heavy (non-hydrogen) atoms. The Morgan fingerprint density at radius 1 is 1.23 bits per heavy atom. The topological polar surface area (TPSA) is 58.8 Å². The molecule has 4 atom stereocenters. The molecule has 3 aliphatic rings. The molecule has 2 heterocycles. The molecule has 3 fully saturated rings. The van der Waals surface area contributed by atoms with Crippen molar-refractivity contribution < 1.29 is 13.9 Å². The number of hydrogen-bond acceptors (Lipinski definition) is 5. The second-order valence-corrected chi connectivity index (χ2v) is 8.69. The summed E-state index contributed by atoms with van der Waals surface area (Å²) >= 11 is 0. The van der Waals surface area contributed by atoms with E-state index < -0.39 is 0 Å². The van der Waals surface area contributed by atoms with E-state index in [0.29, 0.717) is 35.2 Å². The first-order valence-corrected chi connectivity index (χ1v) is 9.93. The summed E-state index contributed by atoms with van der Waals surface area (Å²) in [6.07, 6.45) is 5.10. The van der Waals surface area contributed by atoms with Crippen LogP contribution in [0.4, 0.5) is 0 Å². The molecule has 0 unspecified atom stereocenters. The van der Waals surface area contributed by atoms with E-state index in [4.69, 9.17) is 9.15 Å². The van der Waals surface area contributed by atoms with Gasteiger partial charge in [-0.25, -0.2) is 4.98 Å². The van der Waals surface area contributed by atoms with Crippen molar-refractivity contribution in [1.82, 2.24) is 14.8 Å². The summed E-state index contributed by atoms with van der Waals surface area (Å²) < 4.78 is 11.8. The molecule has 1 amide bonds. The second kappa shape index (κ2) is 6.97. The van der Waals surface area contributed by atoms with Gasteiger partial charge in [0.05, 0.1) is 6.10 Å². The minimum atomic E-state index is 0.0191. The number of fused-ring (bicyclic) bond motifs is 1. The first-order valence-electron chi connectivity index (χ1n) is 9.93. The van der Waals surface area contributed by atoms with Crippen LogP contribution in [0, 0.1) is 31.6 Å². The van der Waals surface area contributed by atoms with E-state index in [1.165, 1.54) is 12.8 Å². The summed E-state index contributed by atoms with van der Waals surface area (Å²) in [7, 11) is 4.30. The van der Waals surface area contributed by atoms with Gasteiger partial charge in [-0.2, -0.15) is 0 Å². The predicted octanol–water partition coefficient (Wildman–Crippen LogP) is 2.50. The van der Waals surface area contributed by atoms with Crippen molar-refractivity contribution in [2.75, 3.05) is 33.8 Å². The van der Waals surface area contributed by atoms with Gasteiger partial charge >= 0.3 is 0 Å². The maximum atomic E-state index is 12.9. The highest BCUT2D eigenvalue weighted by Gasteiger charge is 2.45. The van der Waals surface area contributed by atoms with E-state index in [-0.39, 0.29) is 12.0 Å². The van der Waals surface area contributed by atoms with E-state index in [9.17, 15) is 4.79 Å². The van der Waals surface area contributed by atoms with E-state index in [2.05, 4.69) is 24.0 Å². The Morgan fingerprint density at radius 3 is 2.50 bits per heavy atom. The second-order valence-electron chi connectivity index (χ2n) is 8.69. The summed E-state index contributed by atoms with van der Waals surface area (Å²) in [6, 6.07) is 0.445. The molecule has 1 saturated heterocycles. The zero-order valence-corrected chi connectivity index (χ0v) is 16.4. The van der Waals surface area contributed by atoms with E-state index in [0.717, 1.165) is 38.5 Å². The van der Waals surface area contributed by atoms with E-state index in [1.54, 1.807) is 6.92 Å². The van der Waals surface area contributed by atoms with Gasteiger partial charge in [-0.15, -0.1) is 0 Å². The smallest absolute Gasteiger partial charge is 0.276 e. The Balaban J connectivity index is 1.43. The highest BCUT2D eigenvalue weighted by atomic mass is 16.5. The van der Waals surface area contributed by atoms with Crippen LogP contribution >= 0.6 is 0 Å². The Hall–Kier alpha value is -1.40. The number of ether oxygens (including phenoxy) is 1. The number of likely N-dealkylation sites (tertiary alicyclic amines) is 1. The third kappa shape index (κ3) is 3.54. The standard InChI is InChI=1S/C20H31N3O3/c1-12-19(21-13(2)26-12)20(24)23-9-15-7-17(22(3)4)18(8-16(15)10-23)25-11-14-5-6-14/h14-18H,5-11H2,1-4H3/t15-,16+,17-,18-/m1/s1. The average Bonchev–Trinajstić information content (AvgIpc) is 3.23. The SMILES string of the molecule is Cc1nc(C(=O)N2C[C@H]3C[C@@H](N(C)C)[C@H](OCC4CC4)C[C@H]3C2)c(C)o1. The molecule has 1 aliphatic heterocycles. The first-order chi connectivity index (χ1) is 12.4. The molecule has 0 spiro atoms. The highest BCUT2D eigenvalue weighted by molar-refractivity contribution is 5.93. The fourth-order valence-corrected chi connectivity index (χ4v) is 4.70. The molecule has 0 aromatic carbocycles. The van der Waals surface area contributed by atoms with Gasteiger partial charge in [-0.1, -0.05) is 0 Å². The molecule has 1 aromatic rings. The third-order valence-corrected chi connectivity index (χ3v) is 6.38. The van der Waals surface area contributed by atoms with Crippen LogP contribution in [0.2, 0.25) is 0 Å². The number of carbonyl (C=O) groups is 1. The van der Waals surface area contributed by atoms with Gasteiger partial charge in [0.25, 0.3) is 5.91 Å². The van der Waals surface area contributed by atoms with E-state index in [1.807, 2.05) is 11.8 Å². The molecule has 0 radical (unpaired) electrons. The van der Waals surface area contributed by atoms with Gasteiger partial charge in [0.15, 0.2) is 11.6 Å². The van der Waals surface area contributed by atoms with Crippen molar-refractivity contribution in [1.29, 1.82) is 0 Å². The van der Waals surface area contributed by atoms with Crippen LogP contribution in [0.25, 0.3) is 0 Å². The van der Waals surface area contributed by atoms with Crippen molar-refractivity contribution in [2.24, 2.45) is 17.8 Å². The Labute approximate surface area is 155 Å². The lowest BCUT2D eigenvalue weighted by Gasteiger charge is -2.41. The maximum Gasteiger partial charge on any atom is 0.276 e. The fourth-order valence-electron chi connectivity index (χ4n) is 4.70. The summed E-state index contributed by atoms with van der Waals surface area (Å²) in [6.45, 7) is 6.16. The molecule has 6 heteroatoms. The van der Waals surface area contributed by atoms with E-state index >= 15 is 0 Å². The fraction of sp³-hybridized carbons (Fsp3) is 0.800. The molecule has 0 N–H and O–H groups in total. The maximum absolute atomic E-state index is 12.9. The van der Waals surface area contributed by atoms with Crippen LogP contribution in [0.5, 0.6) is 0 Å². The normalized spacial score (nSPS) is 31.5. The Bertz CT molecular complexity index is 667. The van der Waals surface area contributed by atoms with Gasteiger partial charge in [-0.3, -0.25) is 4.79 Å². The number of likely N-dealkylation sites (N-methyl/N-ethyl adjacent to an activating group) is 1. The molecular weight excluding hydrogens is 330 g/mol.